The largest absolute Gasteiger partial charge is 0.0897 e. The highest BCUT2D eigenvalue weighted by atomic mass is 31.1. The van der Waals surface area contributed by atoms with Crippen molar-refractivity contribution in [2.24, 2.45) is 17.3 Å². The molecule has 0 saturated carbocycles. The molecule has 2 rings (SSSR count). The van der Waals surface area contributed by atoms with Crippen LogP contribution in [0, 0.1) is 17.3 Å². The zero-order chi connectivity index (χ0) is 22.8. The van der Waals surface area contributed by atoms with E-state index < -0.39 is 0 Å². The zero-order valence-corrected chi connectivity index (χ0v) is 22.7. The molecule has 0 aromatic heterocycles. The van der Waals surface area contributed by atoms with E-state index in [1.165, 1.54) is 30.1 Å². The first-order valence-corrected chi connectivity index (χ1v) is 13.5. The molecule has 1 aromatic rings. The Labute approximate surface area is 189 Å². The standard InChI is InChI=1S/C29H47P/c1-12-13-16-30-28-24(18(2)3)14-15-25(27(28)19(4)5)26-17-21(8)22(9)23(10)29(26,11)20(6)7/h14-15,17-20,23,30H,12-13,16H2,1-11H3. The molecule has 0 saturated heterocycles. The van der Waals surface area contributed by atoms with E-state index in [9.17, 15) is 0 Å². The van der Waals surface area contributed by atoms with Crippen LogP contribution in [0.5, 0.6) is 0 Å². The number of hydrogen-bond acceptors (Lipinski definition) is 0. The number of unbranched alkanes of at least 4 members (excludes halogenated alkanes) is 1. The second-order valence-corrected chi connectivity index (χ2v) is 12.0. The maximum absolute atomic E-state index is 2.53. The molecule has 0 heterocycles. The third-order valence-electron chi connectivity index (χ3n) is 7.91. The Bertz CT molecular complexity index is 806. The number of benzene rings is 1. The van der Waals surface area contributed by atoms with Crippen molar-refractivity contribution in [1.82, 2.24) is 0 Å². The summed E-state index contributed by atoms with van der Waals surface area (Å²) in [4.78, 5) is 0. The maximum atomic E-state index is 2.53. The Hall–Kier alpha value is -0.870. The number of hydrogen-bond donors (Lipinski definition) is 0. The second-order valence-electron chi connectivity index (χ2n) is 10.7. The molecule has 168 valence electrons. The molecule has 0 fully saturated rings. The van der Waals surface area contributed by atoms with Gasteiger partial charge in [-0.3, -0.25) is 0 Å². The van der Waals surface area contributed by atoms with Gasteiger partial charge in [0.05, 0.1) is 0 Å². The molecule has 3 unspecified atom stereocenters. The van der Waals surface area contributed by atoms with E-state index in [0.29, 0.717) is 23.7 Å². The monoisotopic (exact) mass is 426 g/mol. The molecular weight excluding hydrogens is 379 g/mol. The highest BCUT2D eigenvalue weighted by Gasteiger charge is 2.42. The summed E-state index contributed by atoms with van der Waals surface area (Å²) in [6.07, 6.45) is 6.49. The summed E-state index contributed by atoms with van der Waals surface area (Å²) in [6.45, 7) is 26.3. The van der Waals surface area contributed by atoms with Crippen molar-refractivity contribution in [2.45, 2.75) is 101 Å². The van der Waals surface area contributed by atoms with Crippen LogP contribution in [0.3, 0.4) is 0 Å². The van der Waals surface area contributed by atoms with Crippen molar-refractivity contribution in [2.75, 3.05) is 6.16 Å². The van der Waals surface area contributed by atoms with Gasteiger partial charge in [0.1, 0.15) is 0 Å². The molecule has 3 atom stereocenters. The molecule has 1 heteroatoms. The van der Waals surface area contributed by atoms with Gasteiger partial charge >= 0.3 is 0 Å². The molecule has 0 spiro atoms. The van der Waals surface area contributed by atoms with Crippen molar-refractivity contribution in [1.29, 1.82) is 0 Å². The highest BCUT2D eigenvalue weighted by Crippen LogP contribution is 2.54. The first kappa shape index (κ1) is 25.4. The lowest BCUT2D eigenvalue weighted by atomic mass is 9.58. The summed E-state index contributed by atoms with van der Waals surface area (Å²) in [6, 6.07) is 4.94. The minimum atomic E-state index is 0.163. The van der Waals surface area contributed by atoms with Gasteiger partial charge in [-0.25, -0.2) is 0 Å². The summed E-state index contributed by atoms with van der Waals surface area (Å²) in [5.41, 5.74) is 9.51. The van der Waals surface area contributed by atoms with Gasteiger partial charge in [-0.15, -0.1) is 0 Å². The molecule has 0 bridgehead atoms. The van der Waals surface area contributed by atoms with E-state index in [2.05, 4.69) is 94.4 Å². The van der Waals surface area contributed by atoms with Crippen LogP contribution >= 0.6 is 8.58 Å². The number of rotatable bonds is 8. The Morgan fingerprint density at radius 2 is 1.63 bits per heavy atom. The summed E-state index contributed by atoms with van der Waals surface area (Å²) in [7, 11) is 0.925. The fraction of sp³-hybridized carbons (Fsp3) is 0.655. The Kier molecular flexibility index (Phi) is 8.60. The average molecular weight is 427 g/mol. The Morgan fingerprint density at radius 3 is 2.13 bits per heavy atom. The lowest BCUT2D eigenvalue weighted by molar-refractivity contribution is 0.229. The van der Waals surface area contributed by atoms with Crippen molar-refractivity contribution in [3.63, 3.8) is 0 Å². The predicted octanol–water partition coefficient (Wildman–Crippen LogP) is 9.07. The summed E-state index contributed by atoms with van der Waals surface area (Å²) >= 11 is 0. The number of allylic oxidation sites excluding steroid dienone is 4. The summed E-state index contributed by atoms with van der Waals surface area (Å²) in [5, 5.41) is 1.68. The SMILES string of the molecule is CCCCPc1c(C(C)C)ccc(C2=CC(C)=C(C)C(C)C2(C)C(C)C)c1C(C)C. The highest BCUT2D eigenvalue weighted by molar-refractivity contribution is 7.47. The fourth-order valence-electron chi connectivity index (χ4n) is 5.23. The van der Waals surface area contributed by atoms with E-state index >= 15 is 0 Å². The van der Waals surface area contributed by atoms with Crippen LogP contribution in [-0.2, 0) is 0 Å². The molecule has 0 N–H and O–H groups in total. The second kappa shape index (κ2) is 10.2. The molecule has 0 aliphatic heterocycles. The zero-order valence-electron chi connectivity index (χ0n) is 21.7. The quantitative estimate of drug-likeness (QED) is 0.287. The topological polar surface area (TPSA) is 0 Å². The summed E-state index contributed by atoms with van der Waals surface area (Å²) in [5.74, 6) is 2.29. The smallest absolute Gasteiger partial charge is 0.00166 e. The van der Waals surface area contributed by atoms with Crippen LogP contribution in [0.25, 0.3) is 5.57 Å². The molecule has 0 radical (unpaired) electrons. The van der Waals surface area contributed by atoms with Crippen LogP contribution in [0.4, 0.5) is 0 Å². The normalized spacial score (nSPS) is 22.9. The Morgan fingerprint density at radius 1 is 1.00 bits per heavy atom. The van der Waals surface area contributed by atoms with Gasteiger partial charge < -0.3 is 0 Å². The van der Waals surface area contributed by atoms with Crippen molar-refractivity contribution in [3.05, 3.63) is 46.0 Å². The predicted molar refractivity (Wildman–Crippen MR) is 141 cm³/mol. The molecule has 1 aromatic carbocycles. The van der Waals surface area contributed by atoms with Crippen LogP contribution in [0.15, 0.2) is 29.4 Å². The van der Waals surface area contributed by atoms with E-state index in [4.69, 9.17) is 0 Å². The van der Waals surface area contributed by atoms with Crippen LogP contribution < -0.4 is 5.30 Å². The first-order chi connectivity index (χ1) is 14.0. The van der Waals surface area contributed by atoms with Crippen molar-refractivity contribution < 1.29 is 0 Å². The molecule has 30 heavy (non-hydrogen) atoms. The average Bonchev–Trinajstić information content (AvgIpc) is 2.68. The van der Waals surface area contributed by atoms with Gasteiger partial charge in [0, 0.05) is 5.41 Å². The van der Waals surface area contributed by atoms with Crippen molar-refractivity contribution >= 4 is 19.5 Å². The molecule has 1 aliphatic rings. The van der Waals surface area contributed by atoms with Gasteiger partial charge in [0.25, 0.3) is 0 Å². The lowest BCUT2D eigenvalue weighted by Crippen LogP contribution is -2.36. The van der Waals surface area contributed by atoms with Gasteiger partial charge in [-0.05, 0) is 77.7 Å². The third-order valence-corrected chi connectivity index (χ3v) is 9.43. The molecule has 0 amide bonds. The van der Waals surface area contributed by atoms with Gasteiger partial charge in [0.2, 0.25) is 0 Å². The van der Waals surface area contributed by atoms with Gasteiger partial charge in [-0.2, -0.15) is 0 Å². The lowest BCUT2D eigenvalue weighted by Gasteiger charge is -2.46. The summed E-state index contributed by atoms with van der Waals surface area (Å²) < 4.78 is 0. The van der Waals surface area contributed by atoms with E-state index in [1.807, 2.05) is 0 Å². The van der Waals surface area contributed by atoms with Crippen LogP contribution in [-0.4, -0.2) is 6.16 Å². The minimum Gasteiger partial charge on any atom is -0.0897 e. The third kappa shape index (κ3) is 4.65. The maximum Gasteiger partial charge on any atom is 0.00166 e. The molecule has 0 nitrogen and oxygen atoms in total. The van der Waals surface area contributed by atoms with Crippen molar-refractivity contribution in [3.8, 4) is 0 Å². The fourth-order valence-corrected chi connectivity index (χ4v) is 7.20. The van der Waals surface area contributed by atoms with Gasteiger partial charge in [0.15, 0.2) is 0 Å². The molecular formula is C29H47P. The minimum absolute atomic E-state index is 0.163. The Balaban J connectivity index is 2.82. The van der Waals surface area contributed by atoms with E-state index in [1.54, 1.807) is 27.6 Å². The van der Waals surface area contributed by atoms with Crippen LogP contribution in [0.2, 0.25) is 0 Å². The van der Waals surface area contributed by atoms with Crippen LogP contribution in [0.1, 0.15) is 118 Å². The molecule has 1 aliphatic carbocycles. The van der Waals surface area contributed by atoms with Gasteiger partial charge in [-0.1, -0.05) is 107 Å². The van der Waals surface area contributed by atoms with E-state index in [-0.39, 0.29) is 5.41 Å². The first-order valence-electron chi connectivity index (χ1n) is 12.3. The van der Waals surface area contributed by atoms with E-state index in [0.717, 1.165) is 8.58 Å².